The molecule has 0 aliphatic rings. The van der Waals surface area contributed by atoms with Gasteiger partial charge in [-0.25, -0.2) is 13.8 Å². The van der Waals surface area contributed by atoms with Crippen LogP contribution in [0, 0.1) is 0 Å². The van der Waals surface area contributed by atoms with Crippen LogP contribution in [0.15, 0.2) is 53.6 Å². The van der Waals surface area contributed by atoms with E-state index in [2.05, 4.69) is 10.5 Å². The van der Waals surface area contributed by atoms with Gasteiger partial charge in [0.2, 0.25) is 10.0 Å². The van der Waals surface area contributed by atoms with E-state index < -0.39 is 22.5 Å². The number of carbonyl (C=O) groups excluding carboxylic acids is 1. The van der Waals surface area contributed by atoms with E-state index in [1.807, 2.05) is 6.92 Å². The lowest BCUT2D eigenvalue weighted by Crippen LogP contribution is -2.39. The smallest absolute Gasteiger partial charge is 0.260 e. The Morgan fingerprint density at radius 2 is 1.82 bits per heavy atom. The summed E-state index contributed by atoms with van der Waals surface area (Å²) in [5, 5.41) is 13.8. The molecule has 0 heterocycles. The Morgan fingerprint density at radius 3 is 2.39 bits per heavy atom. The van der Waals surface area contributed by atoms with Crippen molar-refractivity contribution in [1.29, 1.82) is 0 Å². The molecule has 0 bridgehead atoms. The van der Waals surface area contributed by atoms with Crippen molar-refractivity contribution in [2.24, 2.45) is 5.10 Å². The van der Waals surface area contributed by atoms with Gasteiger partial charge >= 0.3 is 0 Å². The first kappa shape index (κ1) is 21.2. The molecule has 0 aliphatic carbocycles. The lowest BCUT2D eigenvalue weighted by molar-refractivity contribution is -0.119. The van der Waals surface area contributed by atoms with Crippen LogP contribution in [0.4, 0.5) is 5.69 Å². The zero-order valence-electron chi connectivity index (χ0n) is 15.9. The minimum Gasteiger partial charge on any atom is -0.507 e. The summed E-state index contributed by atoms with van der Waals surface area (Å²) in [5.41, 5.74) is 3.51. The fraction of sp³-hybridized carbons (Fsp3) is 0.263. The van der Waals surface area contributed by atoms with Crippen LogP contribution >= 0.6 is 0 Å². The van der Waals surface area contributed by atoms with Gasteiger partial charge in [0.15, 0.2) is 0 Å². The lowest BCUT2D eigenvalue weighted by Gasteiger charge is -2.21. The Hall–Kier alpha value is -3.07. The van der Waals surface area contributed by atoms with Gasteiger partial charge in [-0.05, 0) is 50.2 Å². The molecule has 2 N–H and O–H groups in total. The molecule has 2 rings (SSSR count). The summed E-state index contributed by atoms with van der Waals surface area (Å²) < 4.78 is 30.6. The zero-order chi connectivity index (χ0) is 20.7. The summed E-state index contributed by atoms with van der Waals surface area (Å²) in [5.74, 6) is 0.0197. The maximum Gasteiger partial charge on any atom is 0.260 e. The zero-order valence-corrected chi connectivity index (χ0v) is 16.7. The molecule has 0 aliphatic heterocycles. The summed E-state index contributed by atoms with van der Waals surface area (Å²) in [6, 6.07) is 13.0. The molecule has 0 saturated heterocycles. The van der Waals surface area contributed by atoms with Gasteiger partial charge in [-0.1, -0.05) is 12.1 Å². The van der Waals surface area contributed by atoms with E-state index >= 15 is 0 Å². The van der Waals surface area contributed by atoms with Crippen molar-refractivity contribution in [2.75, 3.05) is 23.7 Å². The number of para-hydroxylation sites is 1. The van der Waals surface area contributed by atoms with Gasteiger partial charge in [-0.3, -0.25) is 9.10 Å². The highest BCUT2D eigenvalue weighted by molar-refractivity contribution is 7.92. The number of rotatable bonds is 8. The fourth-order valence-electron chi connectivity index (χ4n) is 2.43. The van der Waals surface area contributed by atoms with Crippen LogP contribution in [0.5, 0.6) is 11.5 Å². The van der Waals surface area contributed by atoms with Crippen molar-refractivity contribution >= 4 is 27.3 Å². The maximum atomic E-state index is 12.3. The average molecular weight is 405 g/mol. The summed E-state index contributed by atoms with van der Waals surface area (Å²) in [6.07, 6.45) is 1.02. The van der Waals surface area contributed by atoms with E-state index in [1.54, 1.807) is 49.4 Å². The predicted octanol–water partition coefficient (Wildman–Crippen LogP) is 2.10. The molecule has 28 heavy (non-hydrogen) atoms. The third-order valence-electron chi connectivity index (χ3n) is 3.77. The molecule has 0 spiro atoms. The number of hydrogen-bond acceptors (Lipinski definition) is 6. The highest BCUT2D eigenvalue weighted by Gasteiger charge is 2.21. The fourth-order valence-corrected chi connectivity index (χ4v) is 3.28. The number of sulfonamides is 1. The van der Waals surface area contributed by atoms with E-state index in [-0.39, 0.29) is 5.75 Å². The molecule has 150 valence electrons. The summed E-state index contributed by atoms with van der Waals surface area (Å²) in [4.78, 5) is 12.3. The number of anilines is 1. The SMILES string of the molecule is CCOc1ccc(N(CC(=O)N/N=C(\C)c2ccccc2O)S(C)(=O)=O)cc1. The number of carbonyl (C=O) groups is 1. The Morgan fingerprint density at radius 1 is 1.18 bits per heavy atom. The van der Waals surface area contributed by atoms with E-state index in [4.69, 9.17) is 4.74 Å². The minimum absolute atomic E-state index is 0.0325. The van der Waals surface area contributed by atoms with Crippen molar-refractivity contribution < 1.29 is 23.1 Å². The molecule has 0 aromatic heterocycles. The minimum atomic E-state index is -3.69. The molecule has 0 unspecified atom stereocenters. The molecule has 0 saturated carbocycles. The quantitative estimate of drug-likeness (QED) is 0.516. The first-order valence-electron chi connectivity index (χ1n) is 8.54. The van der Waals surface area contributed by atoms with E-state index in [0.717, 1.165) is 10.6 Å². The third kappa shape index (κ3) is 5.71. The summed E-state index contributed by atoms with van der Waals surface area (Å²) in [6.45, 7) is 3.52. The number of amides is 1. The van der Waals surface area contributed by atoms with Crippen LogP contribution in [0.25, 0.3) is 0 Å². The number of aromatic hydroxyl groups is 1. The lowest BCUT2D eigenvalue weighted by atomic mass is 10.1. The number of benzene rings is 2. The normalized spacial score (nSPS) is 11.8. The highest BCUT2D eigenvalue weighted by Crippen LogP contribution is 2.21. The molecule has 1 amide bonds. The first-order valence-corrected chi connectivity index (χ1v) is 10.4. The highest BCUT2D eigenvalue weighted by atomic mass is 32.2. The largest absolute Gasteiger partial charge is 0.507 e. The van der Waals surface area contributed by atoms with Crippen molar-refractivity contribution in [3.05, 3.63) is 54.1 Å². The Bertz CT molecular complexity index is 956. The van der Waals surface area contributed by atoms with E-state index in [9.17, 15) is 18.3 Å². The van der Waals surface area contributed by atoms with Crippen LogP contribution in [0.2, 0.25) is 0 Å². The second kappa shape index (κ2) is 9.23. The molecular formula is C19H23N3O5S. The number of hydrogen-bond donors (Lipinski definition) is 2. The van der Waals surface area contributed by atoms with Gasteiger partial charge in [-0.15, -0.1) is 0 Å². The van der Waals surface area contributed by atoms with Gasteiger partial charge < -0.3 is 9.84 Å². The Kier molecular flexibility index (Phi) is 7.00. The van der Waals surface area contributed by atoms with Crippen LogP contribution in [0.1, 0.15) is 19.4 Å². The molecule has 0 atom stereocenters. The number of ether oxygens (including phenoxy) is 1. The van der Waals surface area contributed by atoms with Gasteiger partial charge in [0.05, 0.1) is 24.3 Å². The van der Waals surface area contributed by atoms with Crippen molar-refractivity contribution in [3.8, 4) is 11.5 Å². The molecule has 2 aromatic carbocycles. The molecular weight excluding hydrogens is 382 g/mol. The summed E-state index contributed by atoms with van der Waals surface area (Å²) in [7, 11) is -3.69. The monoisotopic (exact) mass is 405 g/mol. The average Bonchev–Trinajstić information content (AvgIpc) is 2.65. The van der Waals surface area contributed by atoms with Crippen LogP contribution in [-0.2, 0) is 14.8 Å². The predicted molar refractivity (Wildman–Crippen MR) is 108 cm³/mol. The number of phenolic OH excluding ortho intramolecular Hbond substituents is 1. The van der Waals surface area contributed by atoms with Crippen molar-refractivity contribution in [1.82, 2.24) is 5.43 Å². The Labute approximate surface area is 164 Å². The first-order chi connectivity index (χ1) is 13.2. The number of nitrogens with one attached hydrogen (secondary N) is 1. The molecule has 8 nitrogen and oxygen atoms in total. The number of nitrogens with zero attached hydrogens (tertiary/aromatic N) is 2. The van der Waals surface area contributed by atoms with Gasteiger partial charge in [0.25, 0.3) is 5.91 Å². The van der Waals surface area contributed by atoms with E-state index in [0.29, 0.717) is 29.3 Å². The molecule has 0 radical (unpaired) electrons. The van der Waals surface area contributed by atoms with E-state index in [1.165, 1.54) is 6.07 Å². The standard InChI is InChI=1S/C19H23N3O5S/c1-4-27-16-11-9-15(10-12-16)22(28(3,25)26)13-19(24)21-20-14(2)17-7-5-6-8-18(17)23/h5-12,23H,4,13H2,1-3H3,(H,21,24)/b20-14+. The molecule has 0 fully saturated rings. The van der Waals surface area contributed by atoms with Crippen LogP contribution in [-0.4, -0.2) is 44.6 Å². The van der Waals surface area contributed by atoms with Gasteiger partial charge in [-0.2, -0.15) is 5.10 Å². The second-order valence-corrected chi connectivity index (χ2v) is 7.85. The molecule has 2 aromatic rings. The van der Waals surface area contributed by atoms with Gasteiger partial charge in [0.1, 0.15) is 18.0 Å². The topological polar surface area (TPSA) is 108 Å². The van der Waals surface area contributed by atoms with Crippen LogP contribution in [0.3, 0.4) is 0 Å². The molecule has 9 heteroatoms. The van der Waals surface area contributed by atoms with Gasteiger partial charge in [0, 0.05) is 5.56 Å². The maximum absolute atomic E-state index is 12.3. The van der Waals surface area contributed by atoms with Crippen molar-refractivity contribution in [3.63, 3.8) is 0 Å². The Balaban J connectivity index is 2.13. The van der Waals surface area contributed by atoms with Crippen LogP contribution < -0.4 is 14.5 Å². The van der Waals surface area contributed by atoms with Crippen molar-refractivity contribution in [2.45, 2.75) is 13.8 Å². The number of hydrazone groups is 1. The number of phenols is 1. The second-order valence-electron chi connectivity index (χ2n) is 5.95. The summed E-state index contributed by atoms with van der Waals surface area (Å²) >= 11 is 0. The third-order valence-corrected chi connectivity index (χ3v) is 4.91.